The van der Waals surface area contributed by atoms with E-state index in [1.54, 1.807) is 24.3 Å². The molecule has 0 aromatic heterocycles. The van der Waals surface area contributed by atoms with Crippen LogP contribution in [0.25, 0.3) is 0 Å². The van der Waals surface area contributed by atoms with Crippen LogP contribution in [-0.4, -0.2) is 28.8 Å². The van der Waals surface area contributed by atoms with Crippen molar-refractivity contribution < 1.29 is 15.0 Å². The average Bonchev–Trinajstić information content (AvgIpc) is 2.27. The number of rotatable bonds is 5. The van der Waals surface area contributed by atoms with Crippen LogP contribution in [0.3, 0.4) is 0 Å². The zero-order valence-corrected chi connectivity index (χ0v) is 10.3. The number of aliphatic hydroxyl groups is 2. The van der Waals surface area contributed by atoms with Gasteiger partial charge in [0.25, 0.3) is 0 Å². The number of aliphatic hydroxyl groups excluding tert-OH is 2. The number of amides is 1. The van der Waals surface area contributed by atoms with Crippen molar-refractivity contribution in [2.75, 3.05) is 6.54 Å². The third kappa shape index (κ3) is 4.73. The molecule has 0 aliphatic carbocycles. The van der Waals surface area contributed by atoms with Crippen LogP contribution in [-0.2, 0) is 4.79 Å². The number of carbonyl (C=O) groups is 1. The summed E-state index contributed by atoms with van der Waals surface area (Å²) in [4.78, 5) is 10.6. The summed E-state index contributed by atoms with van der Waals surface area (Å²) in [5, 5.41) is 22.7. The van der Waals surface area contributed by atoms with Crippen molar-refractivity contribution >= 4 is 17.5 Å². The molecular formula is C12H16ClNO3. The van der Waals surface area contributed by atoms with E-state index in [4.69, 9.17) is 11.6 Å². The molecule has 2 unspecified atom stereocenters. The molecule has 1 aromatic rings. The number of hydrogen-bond donors (Lipinski definition) is 3. The van der Waals surface area contributed by atoms with Crippen molar-refractivity contribution in [2.24, 2.45) is 0 Å². The van der Waals surface area contributed by atoms with Crippen molar-refractivity contribution in [2.45, 2.75) is 25.6 Å². The lowest BCUT2D eigenvalue weighted by Crippen LogP contribution is -2.27. The van der Waals surface area contributed by atoms with Gasteiger partial charge in [0.05, 0.1) is 6.10 Å². The summed E-state index contributed by atoms with van der Waals surface area (Å²) >= 11 is 5.79. The maximum atomic E-state index is 10.6. The summed E-state index contributed by atoms with van der Waals surface area (Å²) in [5.41, 5.74) is 0.563. The van der Waals surface area contributed by atoms with Crippen LogP contribution in [0, 0.1) is 0 Å². The van der Waals surface area contributed by atoms with Crippen LogP contribution in [0.15, 0.2) is 24.3 Å². The molecule has 4 nitrogen and oxygen atoms in total. The number of benzene rings is 1. The maximum absolute atomic E-state index is 10.6. The van der Waals surface area contributed by atoms with Crippen molar-refractivity contribution in [3.63, 3.8) is 0 Å². The van der Waals surface area contributed by atoms with E-state index in [1.807, 2.05) is 0 Å². The molecule has 0 saturated heterocycles. The summed E-state index contributed by atoms with van der Waals surface area (Å²) in [6.07, 6.45) is -1.64. The number of nitrogens with one attached hydrogen (secondary N) is 1. The van der Waals surface area contributed by atoms with E-state index in [1.165, 1.54) is 6.92 Å². The molecule has 0 aliphatic rings. The van der Waals surface area contributed by atoms with Gasteiger partial charge in [-0.05, 0) is 24.1 Å². The normalized spacial score (nSPS) is 14.1. The summed E-state index contributed by atoms with van der Waals surface area (Å²) < 4.78 is 0. The summed E-state index contributed by atoms with van der Waals surface area (Å²) in [6.45, 7) is 1.73. The summed E-state index contributed by atoms with van der Waals surface area (Å²) in [7, 11) is 0. The van der Waals surface area contributed by atoms with Crippen molar-refractivity contribution in [3.05, 3.63) is 34.9 Å². The monoisotopic (exact) mass is 257 g/mol. The van der Waals surface area contributed by atoms with Gasteiger partial charge < -0.3 is 15.5 Å². The zero-order valence-electron chi connectivity index (χ0n) is 9.56. The van der Waals surface area contributed by atoms with Gasteiger partial charge in [-0.15, -0.1) is 0 Å². The highest BCUT2D eigenvalue weighted by atomic mass is 35.5. The maximum Gasteiger partial charge on any atom is 0.216 e. The smallest absolute Gasteiger partial charge is 0.216 e. The Labute approximate surface area is 105 Å². The molecule has 0 spiro atoms. The molecule has 0 heterocycles. The second kappa shape index (κ2) is 6.59. The number of carbonyl (C=O) groups excluding carboxylic acids is 1. The lowest BCUT2D eigenvalue weighted by molar-refractivity contribution is -0.119. The Morgan fingerprint density at radius 3 is 2.76 bits per heavy atom. The number of halogens is 1. The van der Waals surface area contributed by atoms with E-state index in [2.05, 4.69) is 5.32 Å². The molecule has 5 heteroatoms. The van der Waals surface area contributed by atoms with Crippen LogP contribution >= 0.6 is 11.6 Å². The Hall–Kier alpha value is -1.10. The SMILES string of the molecule is CC(=O)NCCC(O)C(O)c1cccc(Cl)c1. The molecule has 1 rings (SSSR count). The van der Waals surface area contributed by atoms with Gasteiger partial charge in [0.1, 0.15) is 6.10 Å². The Kier molecular flexibility index (Phi) is 5.41. The molecule has 0 saturated carbocycles. The summed E-state index contributed by atoms with van der Waals surface area (Å²) in [5.74, 6) is -0.158. The first-order valence-electron chi connectivity index (χ1n) is 5.36. The van der Waals surface area contributed by atoms with Crippen LogP contribution < -0.4 is 5.32 Å². The van der Waals surface area contributed by atoms with Gasteiger partial charge in [-0.25, -0.2) is 0 Å². The predicted octanol–water partition coefficient (Wildman–Crippen LogP) is 1.26. The topological polar surface area (TPSA) is 69.6 Å². The average molecular weight is 258 g/mol. The minimum Gasteiger partial charge on any atom is -0.390 e. The first kappa shape index (κ1) is 14.0. The van der Waals surface area contributed by atoms with Crippen molar-refractivity contribution in [1.29, 1.82) is 0 Å². The first-order valence-corrected chi connectivity index (χ1v) is 5.74. The minimum absolute atomic E-state index is 0.158. The second-order valence-corrected chi connectivity index (χ2v) is 4.28. The molecule has 2 atom stereocenters. The Morgan fingerprint density at radius 1 is 1.47 bits per heavy atom. The zero-order chi connectivity index (χ0) is 12.8. The molecule has 1 aromatic carbocycles. The minimum atomic E-state index is -0.998. The highest BCUT2D eigenvalue weighted by molar-refractivity contribution is 6.30. The fourth-order valence-electron chi connectivity index (χ4n) is 1.47. The van der Waals surface area contributed by atoms with Crippen LogP contribution in [0.1, 0.15) is 25.0 Å². The van der Waals surface area contributed by atoms with E-state index in [9.17, 15) is 15.0 Å². The van der Waals surface area contributed by atoms with Crippen LogP contribution in [0.2, 0.25) is 5.02 Å². The quantitative estimate of drug-likeness (QED) is 0.744. The Balaban J connectivity index is 2.51. The standard InChI is InChI=1S/C12H16ClNO3/c1-8(15)14-6-5-11(16)12(17)9-3-2-4-10(13)7-9/h2-4,7,11-12,16-17H,5-6H2,1H3,(H,14,15). The third-order valence-corrected chi connectivity index (χ3v) is 2.60. The lowest BCUT2D eigenvalue weighted by atomic mass is 10.0. The van der Waals surface area contributed by atoms with Gasteiger partial charge in [-0.1, -0.05) is 23.7 Å². The molecule has 94 valence electrons. The Bertz CT molecular complexity index is 384. The van der Waals surface area contributed by atoms with Gasteiger partial charge in [0, 0.05) is 18.5 Å². The molecule has 17 heavy (non-hydrogen) atoms. The second-order valence-electron chi connectivity index (χ2n) is 3.84. The van der Waals surface area contributed by atoms with E-state index in [-0.39, 0.29) is 12.3 Å². The van der Waals surface area contributed by atoms with Crippen molar-refractivity contribution in [1.82, 2.24) is 5.32 Å². The van der Waals surface area contributed by atoms with E-state index < -0.39 is 12.2 Å². The molecule has 0 aliphatic heterocycles. The van der Waals surface area contributed by atoms with Crippen LogP contribution in [0.5, 0.6) is 0 Å². The predicted molar refractivity (Wildman–Crippen MR) is 65.7 cm³/mol. The van der Waals surface area contributed by atoms with Crippen LogP contribution in [0.4, 0.5) is 0 Å². The van der Waals surface area contributed by atoms with E-state index >= 15 is 0 Å². The van der Waals surface area contributed by atoms with Gasteiger partial charge in [-0.2, -0.15) is 0 Å². The molecule has 0 fully saturated rings. The van der Waals surface area contributed by atoms with E-state index in [0.717, 1.165) is 0 Å². The fraction of sp³-hybridized carbons (Fsp3) is 0.417. The van der Waals surface area contributed by atoms with Crippen molar-refractivity contribution in [3.8, 4) is 0 Å². The number of hydrogen-bond acceptors (Lipinski definition) is 3. The largest absolute Gasteiger partial charge is 0.390 e. The molecule has 3 N–H and O–H groups in total. The lowest BCUT2D eigenvalue weighted by Gasteiger charge is -2.18. The molecule has 0 bridgehead atoms. The molecular weight excluding hydrogens is 242 g/mol. The van der Waals surface area contributed by atoms with Gasteiger partial charge in [-0.3, -0.25) is 4.79 Å². The Morgan fingerprint density at radius 2 is 2.18 bits per heavy atom. The van der Waals surface area contributed by atoms with E-state index in [0.29, 0.717) is 17.1 Å². The van der Waals surface area contributed by atoms with Gasteiger partial charge in [0.2, 0.25) is 5.91 Å². The highest BCUT2D eigenvalue weighted by Crippen LogP contribution is 2.21. The third-order valence-electron chi connectivity index (χ3n) is 2.37. The fourth-order valence-corrected chi connectivity index (χ4v) is 1.67. The first-order chi connectivity index (χ1) is 8.00. The van der Waals surface area contributed by atoms with Gasteiger partial charge >= 0.3 is 0 Å². The summed E-state index contributed by atoms with van der Waals surface area (Å²) in [6, 6.07) is 6.70. The molecule has 0 radical (unpaired) electrons. The van der Waals surface area contributed by atoms with Gasteiger partial charge in [0.15, 0.2) is 0 Å². The molecule has 1 amide bonds. The highest BCUT2D eigenvalue weighted by Gasteiger charge is 2.18.